The quantitative estimate of drug-likeness (QED) is 0.664. The molecule has 0 aliphatic rings. The Morgan fingerprint density at radius 2 is 2.07 bits per heavy atom. The van der Waals surface area contributed by atoms with Gasteiger partial charge in [-0.1, -0.05) is 27.4 Å². The highest BCUT2D eigenvalue weighted by Crippen LogP contribution is 1.88. The molecule has 0 aromatic carbocycles. The number of imidazole rings is 1. The monoisotopic (exact) mass is 193 g/mol. The number of hydrogen-bond acceptors (Lipinski definition) is 2. The Labute approximate surface area is 86.2 Å². The zero-order chi connectivity index (χ0) is 11.0. The van der Waals surface area contributed by atoms with Crippen molar-refractivity contribution in [3.63, 3.8) is 0 Å². The highest BCUT2D eigenvalue weighted by molar-refractivity contribution is 5.75. The van der Waals surface area contributed by atoms with Gasteiger partial charge in [0.25, 0.3) is 0 Å². The summed E-state index contributed by atoms with van der Waals surface area (Å²) in [6.45, 7) is 9.95. The van der Waals surface area contributed by atoms with Crippen LogP contribution in [-0.4, -0.2) is 15.8 Å². The van der Waals surface area contributed by atoms with Gasteiger partial charge in [0.1, 0.15) is 0 Å². The molecular formula is C11H19N3. The van der Waals surface area contributed by atoms with Crippen molar-refractivity contribution in [2.24, 2.45) is 18.0 Å². The lowest BCUT2D eigenvalue weighted by Gasteiger charge is -1.89. The van der Waals surface area contributed by atoms with Crippen molar-refractivity contribution in [3.8, 4) is 0 Å². The molecule has 0 amide bonds. The molecule has 1 heterocycles. The first-order chi connectivity index (χ1) is 6.57. The second-order valence-electron chi connectivity index (χ2n) is 3.59. The van der Waals surface area contributed by atoms with Gasteiger partial charge >= 0.3 is 0 Å². The van der Waals surface area contributed by atoms with Crippen LogP contribution in [0.15, 0.2) is 30.2 Å². The van der Waals surface area contributed by atoms with Gasteiger partial charge in [0.2, 0.25) is 0 Å². The first kappa shape index (κ1) is 12.6. The summed E-state index contributed by atoms with van der Waals surface area (Å²) < 4.78 is 1.88. The SMILES string of the molecule is C=CN=Cc1nccn1C.CC(C)C. The Morgan fingerprint density at radius 3 is 2.43 bits per heavy atom. The normalized spacial score (nSPS) is 10.1. The number of hydrogen-bond donors (Lipinski definition) is 0. The number of rotatable bonds is 2. The molecule has 0 N–H and O–H groups in total. The molecule has 1 aromatic heterocycles. The van der Waals surface area contributed by atoms with Gasteiger partial charge in [-0.3, -0.25) is 4.99 Å². The molecule has 0 atom stereocenters. The zero-order valence-corrected chi connectivity index (χ0v) is 9.44. The molecule has 1 rings (SSSR count). The van der Waals surface area contributed by atoms with E-state index < -0.39 is 0 Å². The van der Waals surface area contributed by atoms with Crippen molar-refractivity contribution in [1.29, 1.82) is 0 Å². The van der Waals surface area contributed by atoms with E-state index in [1.807, 2.05) is 17.8 Å². The minimum absolute atomic E-state index is 0.833. The summed E-state index contributed by atoms with van der Waals surface area (Å²) in [4.78, 5) is 7.85. The van der Waals surface area contributed by atoms with E-state index >= 15 is 0 Å². The van der Waals surface area contributed by atoms with Crippen molar-refractivity contribution in [2.75, 3.05) is 0 Å². The van der Waals surface area contributed by atoms with Gasteiger partial charge in [0.15, 0.2) is 5.82 Å². The predicted molar refractivity (Wildman–Crippen MR) is 61.5 cm³/mol. The number of aromatic nitrogens is 2. The molecule has 3 nitrogen and oxygen atoms in total. The largest absolute Gasteiger partial charge is 0.333 e. The van der Waals surface area contributed by atoms with Crippen LogP contribution in [0.2, 0.25) is 0 Å². The lowest BCUT2D eigenvalue weighted by molar-refractivity contribution is 0.737. The number of aryl methyl sites for hydroxylation is 1. The fourth-order valence-electron chi connectivity index (χ4n) is 0.621. The Balaban J connectivity index is 0.000000364. The first-order valence-corrected chi connectivity index (χ1v) is 4.69. The summed E-state index contributed by atoms with van der Waals surface area (Å²) >= 11 is 0. The molecule has 0 unspecified atom stereocenters. The van der Waals surface area contributed by atoms with Crippen LogP contribution < -0.4 is 0 Å². The van der Waals surface area contributed by atoms with E-state index in [2.05, 4.69) is 37.3 Å². The lowest BCUT2D eigenvalue weighted by atomic mass is 10.3. The maximum Gasteiger partial charge on any atom is 0.150 e. The van der Waals surface area contributed by atoms with E-state index in [0.717, 1.165) is 11.7 Å². The van der Waals surface area contributed by atoms with Crippen LogP contribution in [0.1, 0.15) is 26.6 Å². The van der Waals surface area contributed by atoms with Gasteiger partial charge in [-0.15, -0.1) is 0 Å². The topological polar surface area (TPSA) is 30.2 Å². The number of aliphatic imine (C=N–C) groups is 1. The van der Waals surface area contributed by atoms with Crippen LogP contribution in [-0.2, 0) is 7.05 Å². The van der Waals surface area contributed by atoms with Crippen molar-refractivity contribution in [1.82, 2.24) is 9.55 Å². The van der Waals surface area contributed by atoms with Crippen molar-refractivity contribution in [2.45, 2.75) is 20.8 Å². The van der Waals surface area contributed by atoms with Crippen LogP contribution in [0.5, 0.6) is 0 Å². The Hall–Kier alpha value is -1.38. The van der Waals surface area contributed by atoms with E-state index in [1.165, 1.54) is 6.20 Å². The van der Waals surface area contributed by atoms with Gasteiger partial charge < -0.3 is 4.57 Å². The zero-order valence-electron chi connectivity index (χ0n) is 9.44. The third-order valence-electron chi connectivity index (χ3n) is 1.15. The average Bonchev–Trinajstić information content (AvgIpc) is 2.47. The van der Waals surface area contributed by atoms with Gasteiger partial charge in [-0.2, -0.15) is 0 Å². The summed E-state index contributed by atoms with van der Waals surface area (Å²) in [6, 6.07) is 0. The number of nitrogens with zero attached hydrogens (tertiary/aromatic N) is 3. The summed E-state index contributed by atoms with van der Waals surface area (Å²) in [5.41, 5.74) is 0. The molecule has 14 heavy (non-hydrogen) atoms. The van der Waals surface area contributed by atoms with E-state index in [-0.39, 0.29) is 0 Å². The molecule has 0 radical (unpaired) electrons. The summed E-state index contributed by atoms with van der Waals surface area (Å²) in [7, 11) is 1.91. The van der Waals surface area contributed by atoms with Gasteiger partial charge in [-0.05, 0) is 5.92 Å². The van der Waals surface area contributed by atoms with Crippen LogP contribution >= 0.6 is 0 Å². The summed E-state index contributed by atoms with van der Waals surface area (Å²) in [5, 5.41) is 0. The molecule has 1 aromatic rings. The third kappa shape index (κ3) is 6.17. The van der Waals surface area contributed by atoms with Crippen LogP contribution in [0.25, 0.3) is 0 Å². The maximum absolute atomic E-state index is 4.02. The van der Waals surface area contributed by atoms with E-state index in [9.17, 15) is 0 Å². The molecule has 0 aliphatic heterocycles. The minimum atomic E-state index is 0.833. The van der Waals surface area contributed by atoms with E-state index in [1.54, 1.807) is 12.4 Å². The van der Waals surface area contributed by atoms with E-state index in [0.29, 0.717) is 0 Å². The van der Waals surface area contributed by atoms with Gasteiger partial charge in [-0.25, -0.2) is 4.98 Å². The Kier molecular flexibility index (Phi) is 6.37. The smallest absolute Gasteiger partial charge is 0.150 e. The Morgan fingerprint density at radius 1 is 1.50 bits per heavy atom. The minimum Gasteiger partial charge on any atom is -0.333 e. The molecule has 0 saturated heterocycles. The molecule has 0 spiro atoms. The third-order valence-corrected chi connectivity index (χ3v) is 1.15. The van der Waals surface area contributed by atoms with Crippen LogP contribution in [0.4, 0.5) is 0 Å². The second-order valence-corrected chi connectivity index (χ2v) is 3.59. The standard InChI is InChI=1S/C7H9N3.C4H10/c1-3-8-6-7-9-4-5-10(7)2;1-4(2)3/h3-6H,1H2,2H3;4H,1-3H3. The van der Waals surface area contributed by atoms with Gasteiger partial charge in [0, 0.05) is 25.6 Å². The fraction of sp³-hybridized carbons (Fsp3) is 0.455. The van der Waals surface area contributed by atoms with Crippen LogP contribution in [0, 0.1) is 5.92 Å². The van der Waals surface area contributed by atoms with Crippen LogP contribution in [0.3, 0.4) is 0 Å². The molecular weight excluding hydrogens is 174 g/mol. The van der Waals surface area contributed by atoms with Crippen molar-refractivity contribution in [3.05, 3.63) is 31.0 Å². The summed E-state index contributed by atoms with van der Waals surface area (Å²) in [5.74, 6) is 1.67. The summed E-state index contributed by atoms with van der Waals surface area (Å²) in [6.07, 6.45) is 6.73. The van der Waals surface area contributed by atoms with Crippen molar-refractivity contribution >= 4 is 6.21 Å². The molecule has 3 heteroatoms. The fourth-order valence-corrected chi connectivity index (χ4v) is 0.621. The predicted octanol–water partition coefficient (Wildman–Crippen LogP) is 2.64. The highest BCUT2D eigenvalue weighted by atomic mass is 15.0. The second kappa shape index (κ2) is 7.06. The first-order valence-electron chi connectivity index (χ1n) is 4.69. The lowest BCUT2D eigenvalue weighted by Crippen LogP contribution is -1.93. The molecule has 0 aliphatic carbocycles. The highest BCUT2D eigenvalue weighted by Gasteiger charge is 1.90. The molecule has 0 fully saturated rings. The molecule has 0 bridgehead atoms. The molecule has 0 saturated carbocycles. The van der Waals surface area contributed by atoms with E-state index in [4.69, 9.17) is 0 Å². The maximum atomic E-state index is 4.02. The Bertz CT molecular complexity index is 282. The van der Waals surface area contributed by atoms with Gasteiger partial charge in [0.05, 0.1) is 6.21 Å². The van der Waals surface area contributed by atoms with Crippen molar-refractivity contribution < 1.29 is 0 Å². The average molecular weight is 193 g/mol. The molecule has 78 valence electrons.